The zero-order valence-electron chi connectivity index (χ0n) is 14.0. The third-order valence-electron chi connectivity index (χ3n) is 4.57. The fraction of sp³-hybridized carbons (Fsp3) is 0.500. The summed E-state index contributed by atoms with van der Waals surface area (Å²) >= 11 is 0. The van der Waals surface area contributed by atoms with Crippen LogP contribution in [0.1, 0.15) is 25.0 Å². The normalized spacial score (nSPS) is 18.6. The Morgan fingerprint density at radius 3 is 3.08 bits per heavy atom. The second kappa shape index (κ2) is 7.57. The molecule has 1 fully saturated rings. The fourth-order valence-electron chi connectivity index (χ4n) is 3.26. The quantitative estimate of drug-likeness (QED) is 0.867. The Balaban J connectivity index is 1.52. The molecular formula is C18H24N4O2. The lowest BCUT2D eigenvalue weighted by Gasteiger charge is -2.29. The minimum absolute atomic E-state index is 0.0161. The van der Waals surface area contributed by atoms with Crippen molar-refractivity contribution in [2.75, 3.05) is 26.7 Å². The number of aromatic amines is 1. The summed E-state index contributed by atoms with van der Waals surface area (Å²) in [5.41, 5.74) is 1.67. The van der Waals surface area contributed by atoms with Crippen LogP contribution in [0.5, 0.6) is 0 Å². The largest absolute Gasteiger partial charge is 0.356 e. The van der Waals surface area contributed by atoms with E-state index in [2.05, 4.69) is 27.2 Å². The number of aromatic nitrogens is 2. The Morgan fingerprint density at radius 1 is 1.42 bits per heavy atom. The summed E-state index contributed by atoms with van der Waals surface area (Å²) in [7, 11) is 2.12. The highest BCUT2D eigenvalue weighted by atomic mass is 16.1. The molecule has 1 aliphatic heterocycles. The van der Waals surface area contributed by atoms with Crippen LogP contribution in [0, 0.1) is 5.92 Å². The van der Waals surface area contributed by atoms with E-state index in [1.54, 1.807) is 0 Å². The third-order valence-corrected chi connectivity index (χ3v) is 4.57. The Morgan fingerprint density at radius 2 is 2.25 bits per heavy atom. The van der Waals surface area contributed by atoms with Gasteiger partial charge in [0.15, 0.2) is 0 Å². The maximum absolute atomic E-state index is 12.1. The lowest BCUT2D eigenvalue weighted by Crippen LogP contribution is -2.39. The first-order valence-corrected chi connectivity index (χ1v) is 8.55. The molecule has 0 aliphatic carbocycles. The molecule has 6 heteroatoms. The van der Waals surface area contributed by atoms with Gasteiger partial charge >= 0.3 is 0 Å². The van der Waals surface area contributed by atoms with E-state index in [9.17, 15) is 9.59 Å². The number of hydrogen-bond donors (Lipinski definition) is 2. The molecule has 1 aromatic carbocycles. The number of carbonyl (C=O) groups is 1. The van der Waals surface area contributed by atoms with Crippen molar-refractivity contribution in [1.82, 2.24) is 20.2 Å². The van der Waals surface area contributed by atoms with E-state index in [1.165, 1.54) is 6.42 Å². The fourth-order valence-corrected chi connectivity index (χ4v) is 3.26. The van der Waals surface area contributed by atoms with Gasteiger partial charge in [-0.2, -0.15) is 0 Å². The van der Waals surface area contributed by atoms with Crippen molar-refractivity contribution in [2.45, 2.75) is 25.7 Å². The van der Waals surface area contributed by atoms with Crippen LogP contribution in [0.2, 0.25) is 0 Å². The topological polar surface area (TPSA) is 78.1 Å². The van der Waals surface area contributed by atoms with E-state index in [0.717, 1.165) is 30.5 Å². The van der Waals surface area contributed by atoms with Crippen LogP contribution in [-0.2, 0) is 11.2 Å². The minimum Gasteiger partial charge on any atom is -0.356 e. The summed E-state index contributed by atoms with van der Waals surface area (Å²) < 4.78 is 0. The van der Waals surface area contributed by atoms with Crippen LogP contribution in [0.3, 0.4) is 0 Å². The molecule has 24 heavy (non-hydrogen) atoms. The van der Waals surface area contributed by atoms with Gasteiger partial charge < -0.3 is 15.2 Å². The summed E-state index contributed by atoms with van der Waals surface area (Å²) in [5.74, 6) is 0.507. The first kappa shape index (κ1) is 16.6. The number of carbonyl (C=O) groups excluding carboxylic acids is 1. The number of aryl methyl sites for hydroxylation is 1. The van der Waals surface area contributed by atoms with Gasteiger partial charge in [-0.05, 0) is 44.5 Å². The zero-order valence-corrected chi connectivity index (χ0v) is 14.0. The van der Waals surface area contributed by atoms with Gasteiger partial charge in [0.25, 0.3) is 5.56 Å². The summed E-state index contributed by atoms with van der Waals surface area (Å²) in [5, 5.41) is 2.99. The Kier molecular flexibility index (Phi) is 5.25. The van der Waals surface area contributed by atoms with E-state index in [4.69, 9.17) is 0 Å². The molecule has 3 rings (SSSR count). The molecule has 128 valence electrons. The first-order valence-electron chi connectivity index (χ1n) is 8.55. The number of para-hydroxylation sites is 2. The molecular weight excluding hydrogens is 304 g/mol. The zero-order chi connectivity index (χ0) is 16.9. The van der Waals surface area contributed by atoms with Crippen molar-refractivity contribution in [1.29, 1.82) is 0 Å². The van der Waals surface area contributed by atoms with Crippen LogP contribution < -0.4 is 10.9 Å². The molecule has 2 aromatic rings. The highest BCUT2D eigenvalue weighted by molar-refractivity contribution is 5.76. The smallest absolute Gasteiger partial charge is 0.270 e. The van der Waals surface area contributed by atoms with Gasteiger partial charge in [-0.25, -0.2) is 4.98 Å². The van der Waals surface area contributed by atoms with Crippen LogP contribution in [-0.4, -0.2) is 47.5 Å². The van der Waals surface area contributed by atoms with Gasteiger partial charge in [0.05, 0.1) is 11.0 Å². The van der Waals surface area contributed by atoms with E-state index >= 15 is 0 Å². The van der Waals surface area contributed by atoms with Gasteiger partial charge in [0.2, 0.25) is 5.91 Å². The van der Waals surface area contributed by atoms with Gasteiger partial charge in [-0.15, -0.1) is 0 Å². The lowest BCUT2D eigenvalue weighted by atomic mass is 9.98. The minimum atomic E-state index is -0.213. The Labute approximate surface area is 141 Å². The lowest BCUT2D eigenvalue weighted by molar-refractivity contribution is -0.121. The SMILES string of the molecule is CN1CCCC(CNC(=O)CCc2nc3ccccc3[nH]c2=O)C1. The molecule has 1 saturated heterocycles. The van der Waals surface area contributed by atoms with E-state index in [0.29, 0.717) is 24.6 Å². The molecule has 0 spiro atoms. The number of likely N-dealkylation sites (tertiary alicyclic amines) is 1. The number of rotatable bonds is 5. The molecule has 1 aliphatic rings. The standard InChI is InChI=1S/C18H24N4O2/c1-22-10-4-5-13(12-22)11-19-17(23)9-8-16-18(24)21-15-7-3-2-6-14(15)20-16/h2-3,6-7,13H,4-5,8-12H2,1H3,(H,19,23)(H,21,24). The molecule has 1 atom stereocenters. The van der Waals surface area contributed by atoms with Gasteiger partial charge in [-0.1, -0.05) is 12.1 Å². The van der Waals surface area contributed by atoms with Crippen molar-refractivity contribution < 1.29 is 4.79 Å². The molecule has 1 aromatic heterocycles. The third kappa shape index (κ3) is 4.20. The Bertz CT molecular complexity index is 771. The molecule has 0 bridgehead atoms. The van der Waals surface area contributed by atoms with Gasteiger partial charge in [0, 0.05) is 25.9 Å². The highest BCUT2D eigenvalue weighted by Gasteiger charge is 2.17. The van der Waals surface area contributed by atoms with Crippen LogP contribution in [0.15, 0.2) is 29.1 Å². The molecule has 2 N–H and O–H groups in total. The number of benzene rings is 1. The summed E-state index contributed by atoms with van der Waals surface area (Å²) in [4.78, 5) is 33.6. The van der Waals surface area contributed by atoms with Crippen LogP contribution >= 0.6 is 0 Å². The van der Waals surface area contributed by atoms with Crippen LogP contribution in [0.4, 0.5) is 0 Å². The molecule has 1 unspecified atom stereocenters. The van der Waals surface area contributed by atoms with E-state index in [-0.39, 0.29) is 17.9 Å². The number of nitrogens with zero attached hydrogens (tertiary/aromatic N) is 2. The number of piperidine rings is 1. The average molecular weight is 328 g/mol. The maximum Gasteiger partial charge on any atom is 0.270 e. The molecule has 0 saturated carbocycles. The first-order chi connectivity index (χ1) is 11.6. The second-order valence-corrected chi connectivity index (χ2v) is 6.60. The highest BCUT2D eigenvalue weighted by Crippen LogP contribution is 2.14. The average Bonchev–Trinajstić information content (AvgIpc) is 2.58. The predicted octanol–water partition coefficient (Wildman–Crippen LogP) is 1.31. The van der Waals surface area contributed by atoms with E-state index < -0.39 is 0 Å². The molecule has 0 radical (unpaired) electrons. The van der Waals surface area contributed by atoms with Gasteiger partial charge in [0.1, 0.15) is 5.69 Å². The number of amides is 1. The predicted molar refractivity (Wildman–Crippen MR) is 93.9 cm³/mol. The summed E-state index contributed by atoms with van der Waals surface area (Å²) in [6, 6.07) is 7.41. The summed E-state index contributed by atoms with van der Waals surface area (Å²) in [6.07, 6.45) is 3.00. The van der Waals surface area contributed by atoms with Crippen LogP contribution in [0.25, 0.3) is 11.0 Å². The van der Waals surface area contributed by atoms with Crippen molar-refractivity contribution in [3.05, 3.63) is 40.3 Å². The summed E-state index contributed by atoms with van der Waals surface area (Å²) in [6.45, 7) is 2.89. The number of fused-ring (bicyclic) bond motifs is 1. The van der Waals surface area contributed by atoms with Gasteiger partial charge in [-0.3, -0.25) is 9.59 Å². The van der Waals surface area contributed by atoms with Crippen molar-refractivity contribution in [3.63, 3.8) is 0 Å². The maximum atomic E-state index is 12.1. The number of hydrogen-bond acceptors (Lipinski definition) is 4. The number of nitrogens with one attached hydrogen (secondary N) is 2. The van der Waals surface area contributed by atoms with Crippen molar-refractivity contribution >= 4 is 16.9 Å². The second-order valence-electron chi connectivity index (χ2n) is 6.60. The van der Waals surface area contributed by atoms with Crippen molar-refractivity contribution in [2.24, 2.45) is 5.92 Å². The molecule has 2 heterocycles. The van der Waals surface area contributed by atoms with E-state index in [1.807, 2.05) is 24.3 Å². The number of H-pyrrole nitrogens is 1. The Hall–Kier alpha value is -2.21. The monoisotopic (exact) mass is 328 g/mol. The molecule has 1 amide bonds. The molecule has 6 nitrogen and oxygen atoms in total. The van der Waals surface area contributed by atoms with Crippen molar-refractivity contribution in [3.8, 4) is 0 Å².